The van der Waals surface area contributed by atoms with Crippen LogP contribution in [0.25, 0.3) is 0 Å². The third-order valence-electron chi connectivity index (χ3n) is 2.52. The molecule has 0 bridgehead atoms. The van der Waals surface area contributed by atoms with E-state index >= 15 is 0 Å². The molecular weight excluding hydrogens is 295 g/mol. The largest absolute Gasteiger partial charge is 0.471 e. The van der Waals surface area contributed by atoms with Crippen molar-refractivity contribution in [3.05, 3.63) is 35.5 Å². The van der Waals surface area contributed by atoms with Crippen LogP contribution in [0, 0.1) is 5.92 Å². The molecule has 5 nitrogen and oxygen atoms in total. The second-order valence-electron chi connectivity index (χ2n) is 4.05. The van der Waals surface area contributed by atoms with Crippen LogP contribution in [0.2, 0.25) is 0 Å². The van der Waals surface area contributed by atoms with E-state index in [1.54, 1.807) is 6.08 Å². The maximum Gasteiger partial charge on any atom is 0.471 e. The van der Waals surface area contributed by atoms with E-state index in [9.17, 15) is 18.0 Å². The predicted octanol–water partition coefficient (Wildman–Crippen LogP) is 1.60. The first kappa shape index (κ1) is 14.4. The van der Waals surface area contributed by atoms with Gasteiger partial charge in [-0.2, -0.15) is 18.2 Å². The Hall–Kier alpha value is -2.03. The number of amides is 1. The maximum atomic E-state index is 12.3. The summed E-state index contributed by atoms with van der Waals surface area (Å²) < 4.78 is 41.0. The first-order valence-electron chi connectivity index (χ1n) is 5.39. The Labute approximate surface area is 116 Å². The second-order valence-corrected chi connectivity index (χ2v) is 4.52. The van der Waals surface area contributed by atoms with Gasteiger partial charge in [0.2, 0.25) is 5.91 Å². The number of carbonyl (C=O) groups is 1. The van der Waals surface area contributed by atoms with E-state index in [4.69, 9.17) is 18.0 Å². The molecule has 0 spiro atoms. The lowest BCUT2D eigenvalue weighted by Gasteiger charge is -2.13. The van der Waals surface area contributed by atoms with Crippen molar-refractivity contribution >= 4 is 23.0 Å². The highest BCUT2D eigenvalue weighted by molar-refractivity contribution is 7.80. The summed E-state index contributed by atoms with van der Waals surface area (Å²) in [5.74, 6) is -2.77. The van der Waals surface area contributed by atoms with Gasteiger partial charge in [0, 0.05) is 11.3 Å². The Morgan fingerprint density at radius 2 is 2.20 bits per heavy atom. The highest BCUT2D eigenvalue weighted by Gasteiger charge is 2.38. The van der Waals surface area contributed by atoms with E-state index < -0.39 is 23.9 Å². The number of nitrogens with zero attached hydrogens (tertiary/aromatic N) is 2. The van der Waals surface area contributed by atoms with E-state index in [2.05, 4.69) is 14.7 Å². The Morgan fingerprint density at radius 3 is 2.70 bits per heavy atom. The number of aromatic nitrogens is 2. The minimum atomic E-state index is -4.67. The van der Waals surface area contributed by atoms with Crippen molar-refractivity contribution in [2.45, 2.75) is 12.6 Å². The van der Waals surface area contributed by atoms with Gasteiger partial charge in [0.1, 0.15) is 0 Å². The molecule has 1 aromatic rings. The van der Waals surface area contributed by atoms with E-state index in [0.717, 1.165) is 0 Å². The summed E-state index contributed by atoms with van der Waals surface area (Å²) in [5.41, 5.74) is 5.71. The van der Waals surface area contributed by atoms with Crippen molar-refractivity contribution in [1.29, 1.82) is 0 Å². The molecule has 9 heteroatoms. The topological polar surface area (TPSA) is 82.0 Å². The second kappa shape index (κ2) is 5.16. The molecule has 1 unspecified atom stereocenters. The molecule has 0 aliphatic heterocycles. The van der Waals surface area contributed by atoms with Crippen LogP contribution in [0.3, 0.4) is 0 Å². The molecule has 0 radical (unpaired) electrons. The van der Waals surface area contributed by atoms with E-state index in [0.29, 0.717) is 10.4 Å². The molecule has 0 fully saturated rings. The number of carbonyl (C=O) groups excluding carboxylic acids is 1. The van der Waals surface area contributed by atoms with Crippen LogP contribution in [-0.2, 0) is 17.4 Å². The summed E-state index contributed by atoms with van der Waals surface area (Å²) in [4.78, 5) is 14.6. The third kappa shape index (κ3) is 3.10. The minimum absolute atomic E-state index is 0.0156. The highest BCUT2D eigenvalue weighted by atomic mass is 32.1. The van der Waals surface area contributed by atoms with E-state index in [-0.39, 0.29) is 12.2 Å². The number of nitrogens with two attached hydrogens (primary N) is 1. The fourth-order valence-corrected chi connectivity index (χ4v) is 1.95. The van der Waals surface area contributed by atoms with Crippen LogP contribution in [0.15, 0.2) is 28.3 Å². The zero-order chi connectivity index (χ0) is 14.9. The lowest BCUT2D eigenvalue weighted by molar-refractivity contribution is -0.159. The molecule has 2 rings (SSSR count). The number of halogens is 3. The Balaban J connectivity index is 2.11. The SMILES string of the molecule is NC(=O)C1C=CC(Cc2noc(C(F)(F)F)n2)=CC1=S. The molecule has 2 N–H and O–H groups in total. The lowest BCUT2D eigenvalue weighted by atomic mass is 9.94. The molecule has 0 saturated carbocycles. The molecule has 1 heterocycles. The molecule has 1 amide bonds. The molecule has 106 valence electrons. The van der Waals surface area contributed by atoms with Gasteiger partial charge in [-0.3, -0.25) is 4.79 Å². The summed E-state index contributed by atoms with van der Waals surface area (Å²) in [5, 5.41) is 3.24. The molecule has 1 aliphatic rings. The Bertz CT molecular complexity index is 619. The van der Waals surface area contributed by atoms with Gasteiger partial charge in [-0.15, -0.1) is 0 Å². The first-order chi connectivity index (χ1) is 9.27. The molecule has 1 aliphatic carbocycles. The average Bonchev–Trinajstić information content (AvgIpc) is 2.76. The van der Waals surface area contributed by atoms with Crippen LogP contribution in [-0.4, -0.2) is 20.9 Å². The van der Waals surface area contributed by atoms with Crippen molar-refractivity contribution < 1.29 is 22.5 Å². The van der Waals surface area contributed by atoms with Crippen molar-refractivity contribution in [2.24, 2.45) is 11.7 Å². The quantitative estimate of drug-likeness (QED) is 0.858. The number of thiocarbonyl (C=S) groups is 1. The molecule has 1 atom stereocenters. The number of hydrogen-bond donors (Lipinski definition) is 1. The van der Waals surface area contributed by atoms with Crippen molar-refractivity contribution in [2.75, 3.05) is 0 Å². The van der Waals surface area contributed by atoms with Gasteiger partial charge in [-0.1, -0.05) is 29.5 Å². The van der Waals surface area contributed by atoms with Crippen LogP contribution in [0.5, 0.6) is 0 Å². The standard InChI is InChI=1S/C11H8F3N3O2S/c12-11(13,14)10-16-8(17-19-10)4-5-1-2-6(9(15)18)7(20)3-5/h1-3,6H,4H2,(H2,15,18). The van der Waals surface area contributed by atoms with Crippen LogP contribution < -0.4 is 5.73 Å². The minimum Gasteiger partial charge on any atom is -0.369 e. The highest BCUT2D eigenvalue weighted by Crippen LogP contribution is 2.27. The molecule has 20 heavy (non-hydrogen) atoms. The summed E-state index contributed by atoms with van der Waals surface area (Å²) in [6.07, 6.45) is -0.121. The predicted molar refractivity (Wildman–Crippen MR) is 65.5 cm³/mol. The van der Waals surface area contributed by atoms with Crippen LogP contribution >= 0.6 is 12.2 Å². The Morgan fingerprint density at radius 1 is 1.50 bits per heavy atom. The van der Waals surface area contributed by atoms with Crippen molar-refractivity contribution in [3.63, 3.8) is 0 Å². The fourth-order valence-electron chi connectivity index (χ4n) is 1.60. The number of hydrogen-bond acceptors (Lipinski definition) is 5. The normalized spacial score (nSPS) is 19.1. The van der Waals surface area contributed by atoms with Gasteiger partial charge in [0.15, 0.2) is 5.82 Å². The van der Waals surface area contributed by atoms with Crippen molar-refractivity contribution in [3.8, 4) is 0 Å². The van der Waals surface area contributed by atoms with E-state index in [1.165, 1.54) is 12.2 Å². The first-order valence-corrected chi connectivity index (χ1v) is 5.80. The summed E-state index contributed by atoms with van der Waals surface area (Å²) in [6.45, 7) is 0. The number of primary amides is 1. The van der Waals surface area contributed by atoms with E-state index in [1.807, 2.05) is 0 Å². The van der Waals surface area contributed by atoms with Gasteiger partial charge in [0.25, 0.3) is 0 Å². The molecule has 0 aromatic carbocycles. The van der Waals surface area contributed by atoms with Gasteiger partial charge >= 0.3 is 12.1 Å². The summed E-state index contributed by atoms with van der Waals surface area (Å²) >= 11 is 4.99. The zero-order valence-corrected chi connectivity index (χ0v) is 10.7. The molecule has 1 aromatic heterocycles. The van der Waals surface area contributed by atoms with Gasteiger partial charge in [0.05, 0.1) is 5.92 Å². The molecule has 0 saturated heterocycles. The average molecular weight is 303 g/mol. The maximum absolute atomic E-state index is 12.3. The molecular formula is C11H8F3N3O2S. The summed E-state index contributed by atoms with van der Waals surface area (Å²) in [6, 6.07) is 0. The van der Waals surface area contributed by atoms with Crippen LogP contribution in [0.4, 0.5) is 13.2 Å². The monoisotopic (exact) mass is 303 g/mol. The van der Waals surface area contributed by atoms with Gasteiger partial charge in [-0.05, 0) is 11.6 Å². The summed E-state index contributed by atoms with van der Waals surface area (Å²) in [7, 11) is 0. The van der Waals surface area contributed by atoms with Crippen LogP contribution in [0.1, 0.15) is 11.7 Å². The van der Waals surface area contributed by atoms with Crippen molar-refractivity contribution in [1.82, 2.24) is 10.1 Å². The fraction of sp³-hybridized carbons (Fsp3) is 0.273. The number of allylic oxidation sites excluding steroid dienone is 3. The zero-order valence-electron chi connectivity index (χ0n) is 9.85. The third-order valence-corrected chi connectivity index (χ3v) is 2.89. The Kier molecular flexibility index (Phi) is 3.71. The lowest BCUT2D eigenvalue weighted by Crippen LogP contribution is -2.28. The number of rotatable bonds is 3. The van der Waals surface area contributed by atoms with Gasteiger partial charge < -0.3 is 10.3 Å². The smallest absolute Gasteiger partial charge is 0.369 e. The number of alkyl halides is 3. The van der Waals surface area contributed by atoms with Gasteiger partial charge in [-0.25, -0.2) is 0 Å².